The highest BCUT2D eigenvalue weighted by Gasteiger charge is 2.44. The fourth-order valence-electron chi connectivity index (χ4n) is 4.39. The van der Waals surface area contributed by atoms with E-state index in [0.717, 1.165) is 30.6 Å². The maximum absolute atomic E-state index is 10.8. The number of allylic oxidation sites excluding steroid dienone is 1. The van der Waals surface area contributed by atoms with Crippen LogP contribution in [0.25, 0.3) is 0 Å². The molecular weight excluding hydrogens is 352 g/mol. The molecule has 4 heteroatoms. The summed E-state index contributed by atoms with van der Waals surface area (Å²) in [7, 11) is 0. The number of hydrogen-bond acceptors (Lipinski definition) is 3. The SMILES string of the molecule is CC#CC[C@@H](C)[C@H](O)/C=C/[C@H]1CC[C@@H]2Oc3c(CCCC(=O)O)cccc3[C@@H]21. The van der Waals surface area contributed by atoms with Crippen LogP contribution in [0.5, 0.6) is 5.75 Å². The maximum atomic E-state index is 10.8. The van der Waals surface area contributed by atoms with Crippen LogP contribution in [0.15, 0.2) is 30.4 Å². The van der Waals surface area contributed by atoms with E-state index in [1.807, 2.05) is 26.0 Å². The molecular formula is C24H30O4. The van der Waals surface area contributed by atoms with Crippen molar-refractivity contribution in [1.29, 1.82) is 0 Å². The number of carbonyl (C=O) groups is 1. The highest BCUT2D eigenvalue weighted by Crippen LogP contribution is 2.51. The smallest absolute Gasteiger partial charge is 0.303 e. The van der Waals surface area contributed by atoms with E-state index in [1.54, 1.807) is 0 Å². The number of aliphatic hydroxyl groups is 1. The molecule has 0 saturated heterocycles. The molecule has 1 aromatic rings. The van der Waals surface area contributed by atoms with E-state index in [9.17, 15) is 9.90 Å². The van der Waals surface area contributed by atoms with Crippen LogP contribution >= 0.6 is 0 Å². The predicted molar refractivity (Wildman–Crippen MR) is 109 cm³/mol. The van der Waals surface area contributed by atoms with Crippen LogP contribution in [0.4, 0.5) is 0 Å². The number of hydrogen-bond donors (Lipinski definition) is 2. The number of carboxylic acids is 1. The van der Waals surface area contributed by atoms with Crippen molar-refractivity contribution in [2.75, 3.05) is 0 Å². The Morgan fingerprint density at radius 2 is 2.21 bits per heavy atom. The molecule has 0 bridgehead atoms. The summed E-state index contributed by atoms with van der Waals surface area (Å²) in [5.74, 6) is 6.93. The topological polar surface area (TPSA) is 66.8 Å². The van der Waals surface area contributed by atoms with Crippen molar-refractivity contribution in [2.24, 2.45) is 11.8 Å². The van der Waals surface area contributed by atoms with Crippen molar-refractivity contribution in [3.05, 3.63) is 41.5 Å². The minimum Gasteiger partial charge on any atom is -0.489 e. The lowest BCUT2D eigenvalue weighted by Crippen LogP contribution is -2.17. The predicted octanol–water partition coefficient (Wildman–Crippen LogP) is 4.32. The standard InChI is InChI=1S/C24H30O4/c1-3-4-7-16(2)20(25)14-12-17-13-15-21-23(17)19-10-5-8-18(24(19)28-21)9-6-11-22(26)27/h5,8,10,12,14,16-17,20-21,23,25H,6-7,9,11,13,15H2,1-2H3,(H,26,27)/b14-12+/t16-,17+,20-,21+,23+/m1/s1. The van der Waals surface area contributed by atoms with Crippen LogP contribution in [-0.2, 0) is 11.2 Å². The van der Waals surface area contributed by atoms with Gasteiger partial charge >= 0.3 is 5.97 Å². The van der Waals surface area contributed by atoms with Crippen LogP contribution < -0.4 is 4.74 Å². The summed E-state index contributed by atoms with van der Waals surface area (Å²) in [5.41, 5.74) is 2.35. The number of aliphatic hydroxyl groups excluding tert-OH is 1. The number of rotatable bonds is 8. The van der Waals surface area contributed by atoms with Crippen molar-refractivity contribution in [1.82, 2.24) is 0 Å². The number of carboxylic acid groups (broad SMARTS) is 1. The molecule has 1 saturated carbocycles. The Morgan fingerprint density at radius 3 is 2.96 bits per heavy atom. The first-order valence-electron chi connectivity index (χ1n) is 10.3. The van der Waals surface area contributed by atoms with Gasteiger partial charge in [-0.25, -0.2) is 0 Å². The Balaban J connectivity index is 1.70. The highest BCUT2D eigenvalue weighted by molar-refractivity contribution is 5.66. The van der Waals surface area contributed by atoms with Gasteiger partial charge in [-0.2, -0.15) is 0 Å². The molecule has 1 heterocycles. The van der Waals surface area contributed by atoms with Crippen molar-refractivity contribution in [3.63, 3.8) is 0 Å². The summed E-state index contributed by atoms with van der Waals surface area (Å²) in [6, 6.07) is 6.25. The van der Waals surface area contributed by atoms with E-state index in [-0.39, 0.29) is 18.4 Å². The minimum atomic E-state index is -0.756. The number of para-hydroxylation sites is 1. The Bertz CT molecular complexity index is 786. The van der Waals surface area contributed by atoms with Crippen molar-refractivity contribution in [2.45, 2.75) is 70.5 Å². The third kappa shape index (κ3) is 4.59. The molecule has 0 radical (unpaired) electrons. The molecule has 1 aliphatic heterocycles. The molecule has 4 nitrogen and oxygen atoms in total. The largest absolute Gasteiger partial charge is 0.489 e. The summed E-state index contributed by atoms with van der Waals surface area (Å²) in [6.45, 7) is 3.84. The lowest BCUT2D eigenvalue weighted by Gasteiger charge is -2.17. The van der Waals surface area contributed by atoms with E-state index in [4.69, 9.17) is 9.84 Å². The Labute approximate surface area is 167 Å². The van der Waals surface area contributed by atoms with Crippen molar-refractivity contribution in [3.8, 4) is 17.6 Å². The molecule has 1 fully saturated rings. The molecule has 1 aliphatic carbocycles. The summed E-state index contributed by atoms with van der Waals surface area (Å²) in [5, 5.41) is 19.3. The number of aliphatic carboxylic acids is 1. The molecule has 0 amide bonds. The monoisotopic (exact) mass is 382 g/mol. The van der Waals surface area contributed by atoms with E-state index in [2.05, 4.69) is 30.0 Å². The number of aryl methyl sites for hydroxylation is 1. The second-order valence-electron chi connectivity index (χ2n) is 7.99. The molecule has 28 heavy (non-hydrogen) atoms. The van der Waals surface area contributed by atoms with Gasteiger partial charge in [-0.15, -0.1) is 11.8 Å². The third-order valence-electron chi connectivity index (χ3n) is 5.98. The molecule has 0 aromatic heterocycles. The number of benzene rings is 1. The summed E-state index contributed by atoms with van der Waals surface area (Å²) in [4.78, 5) is 10.8. The van der Waals surface area contributed by atoms with Crippen molar-refractivity contribution >= 4 is 5.97 Å². The molecule has 5 atom stereocenters. The normalized spacial score (nSPS) is 24.8. The Morgan fingerprint density at radius 1 is 1.39 bits per heavy atom. The van der Waals surface area contributed by atoms with Gasteiger partial charge in [-0.3, -0.25) is 4.79 Å². The Hall–Kier alpha value is -2.25. The summed E-state index contributed by atoms with van der Waals surface area (Å²) in [6.07, 6.45) is 8.10. The van der Waals surface area contributed by atoms with Crippen molar-refractivity contribution < 1.29 is 19.7 Å². The van der Waals surface area contributed by atoms with Gasteiger partial charge in [0.25, 0.3) is 0 Å². The number of ether oxygens (including phenoxy) is 1. The van der Waals surface area contributed by atoms with Crippen LogP contribution in [0.1, 0.15) is 63.0 Å². The highest BCUT2D eigenvalue weighted by atomic mass is 16.5. The molecule has 3 rings (SSSR count). The fourth-order valence-corrected chi connectivity index (χ4v) is 4.39. The van der Waals surface area contributed by atoms with Gasteiger partial charge in [0.05, 0.1) is 6.10 Å². The third-order valence-corrected chi connectivity index (χ3v) is 5.98. The zero-order chi connectivity index (χ0) is 20.1. The van der Waals surface area contributed by atoms with Crippen LogP contribution in [0, 0.1) is 23.7 Å². The second-order valence-corrected chi connectivity index (χ2v) is 7.99. The maximum Gasteiger partial charge on any atom is 0.303 e. The quantitative estimate of drug-likeness (QED) is 0.519. The lowest BCUT2D eigenvalue weighted by molar-refractivity contribution is -0.137. The molecule has 0 spiro atoms. The first kappa shape index (κ1) is 20.5. The van der Waals surface area contributed by atoms with Gasteiger partial charge in [0, 0.05) is 24.3 Å². The van der Waals surface area contributed by atoms with Gasteiger partial charge in [0.15, 0.2) is 0 Å². The minimum absolute atomic E-state index is 0.119. The van der Waals surface area contributed by atoms with Gasteiger partial charge in [-0.1, -0.05) is 37.3 Å². The van der Waals surface area contributed by atoms with E-state index >= 15 is 0 Å². The average molecular weight is 383 g/mol. The fraction of sp³-hybridized carbons (Fsp3) is 0.542. The van der Waals surface area contributed by atoms with E-state index in [0.29, 0.717) is 24.7 Å². The first-order valence-corrected chi connectivity index (χ1v) is 10.3. The van der Waals surface area contributed by atoms with E-state index in [1.165, 1.54) is 5.56 Å². The van der Waals surface area contributed by atoms with Gasteiger partial charge in [-0.05, 0) is 50.0 Å². The summed E-state index contributed by atoms with van der Waals surface area (Å²) < 4.78 is 6.30. The van der Waals surface area contributed by atoms with E-state index < -0.39 is 12.1 Å². The van der Waals surface area contributed by atoms with Crippen LogP contribution in [-0.4, -0.2) is 28.4 Å². The number of fused-ring (bicyclic) bond motifs is 3. The second kappa shape index (κ2) is 9.30. The van der Waals surface area contributed by atoms with Gasteiger partial charge in [0.1, 0.15) is 11.9 Å². The molecule has 2 aliphatic rings. The first-order chi connectivity index (χ1) is 13.5. The van der Waals surface area contributed by atoms with Gasteiger partial charge < -0.3 is 14.9 Å². The molecule has 1 aromatic carbocycles. The molecule has 150 valence electrons. The zero-order valence-corrected chi connectivity index (χ0v) is 16.7. The average Bonchev–Trinajstić information content (AvgIpc) is 3.24. The van der Waals surface area contributed by atoms with Crippen LogP contribution in [0.3, 0.4) is 0 Å². The molecule has 0 unspecified atom stereocenters. The lowest BCUT2D eigenvalue weighted by atomic mass is 9.86. The zero-order valence-electron chi connectivity index (χ0n) is 16.7. The summed E-state index contributed by atoms with van der Waals surface area (Å²) >= 11 is 0. The van der Waals surface area contributed by atoms with Crippen LogP contribution in [0.2, 0.25) is 0 Å². The molecule has 2 N–H and O–H groups in total. The Kier molecular flexibility index (Phi) is 6.80. The van der Waals surface area contributed by atoms with Gasteiger partial charge in [0.2, 0.25) is 0 Å².